The Balaban J connectivity index is 3.44. The van der Waals surface area contributed by atoms with Crippen LogP contribution in [0.3, 0.4) is 0 Å². The first-order valence-corrected chi connectivity index (χ1v) is 12.0. The lowest BCUT2D eigenvalue weighted by molar-refractivity contribution is -0.145. The molecule has 28 heavy (non-hydrogen) atoms. The lowest BCUT2D eigenvalue weighted by Crippen LogP contribution is -2.30. The van der Waals surface area contributed by atoms with Gasteiger partial charge in [-0.15, -0.1) is 0 Å². The minimum atomic E-state index is -1.07. The Hall–Kier alpha value is -0.380. The van der Waals surface area contributed by atoms with E-state index in [4.69, 9.17) is 4.74 Å². The molecule has 0 saturated heterocycles. The van der Waals surface area contributed by atoms with Crippen molar-refractivity contribution in [3.8, 4) is 5.75 Å². The molecule has 7 nitrogen and oxygen atoms in total. The molecule has 1 aromatic rings. The topological polar surface area (TPSA) is 105 Å². The largest absolute Gasteiger partial charge is 0.479 e. The molecule has 0 aliphatic heterocycles. The molecule has 0 spiro atoms. The molecule has 156 valence electrons. The maximum absolute atomic E-state index is 12.4. The van der Waals surface area contributed by atoms with Crippen LogP contribution in [-0.2, 0) is 4.79 Å². The number of amides is 2. The number of carboxylic acids is 1. The van der Waals surface area contributed by atoms with Gasteiger partial charge in [0.1, 0.15) is 5.75 Å². The zero-order valence-corrected chi connectivity index (χ0v) is 22.3. The highest BCUT2D eigenvalue weighted by molar-refractivity contribution is 14.1. The van der Waals surface area contributed by atoms with Crippen LogP contribution in [0.1, 0.15) is 59.7 Å². The van der Waals surface area contributed by atoms with Crippen LogP contribution in [0.4, 0.5) is 0 Å². The normalized spacial score (nSPS) is 11.6. The zero-order chi connectivity index (χ0) is 21.4. The number of halogens is 3. The lowest BCUT2D eigenvalue weighted by atomic mass is 10.1. The van der Waals surface area contributed by atoms with Gasteiger partial charge in [-0.05, 0) is 80.6 Å². The molecule has 1 atom stereocenters. The average molecular weight is 728 g/mol. The van der Waals surface area contributed by atoms with Gasteiger partial charge in [0.05, 0.1) is 18.3 Å². The fraction of sp³-hybridized carbons (Fsp3) is 0.500. The number of nitrogens with one attached hydrogen (secondary N) is 2. The Bertz CT molecular complexity index is 712. The van der Waals surface area contributed by atoms with Crippen LogP contribution < -0.4 is 15.4 Å². The van der Waals surface area contributed by atoms with E-state index in [0.717, 1.165) is 25.7 Å². The van der Waals surface area contributed by atoms with Gasteiger partial charge >= 0.3 is 5.97 Å². The van der Waals surface area contributed by atoms with Gasteiger partial charge in [-0.2, -0.15) is 0 Å². The van der Waals surface area contributed by atoms with Gasteiger partial charge in [-0.3, -0.25) is 9.59 Å². The van der Waals surface area contributed by atoms with Crippen LogP contribution in [0.2, 0.25) is 0 Å². The van der Waals surface area contributed by atoms with Gasteiger partial charge in [0.2, 0.25) is 0 Å². The van der Waals surface area contributed by atoms with Gasteiger partial charge in [0, 0.05) is 17.7 Å². The predicted octanol–water partition coefficient (Wildman–Crippen LogP) is 4.02. The smallest absolute Gasteiger partial charge is 0.344 e. The first-order valence-electron chi connectivity index (χ1n) is 8.75. The van der Waals surface area contributed by atoms with E-state index in [9.17, 15) is 19.5 Å². The first-order chi connectivity index (χ1) is 13.2. The Kier molecular flexibility index (Phi) is 11.3. The Morgan fingerprint density at radius 3 is 1.82 bits per heavy atom. The van der Waals surface area contributed by atoms with Gasteiger partial charge in [-0.25, -0.2) is 4.79 Å². The first kappa shape index (κ1) is 25.7. The van der Waals surface area contributed by atoms with Crippen LogP contribution in [0.25, 0.3) is 0 Å². The summed E-state index contributed by atoms with van der Waals surface area (Å²) in [5.74, 6) is -1.55. The van der Waals surface area contributed by atoms with E-state index in [1.165, 1.54) is 14.1 Å². The summed E-state index contributed by atoms with van der Waals surface area (Å²) >= 11 is 5.90. The van der Waals surface area contributed by atoms with Crippen molar-refractivity contribution in [3.05, 3.63) is 21.8 Å². The maximum Gasteiger partial charge on any atom is 0.344 e. The molecule has 1 aromatic carbocycles. The SMILES string of the molecule is CCCCCCC(Oc1c(I)c(C(=O)NC)c(I)c(C(=O)NC)c1I)C(=O)O. The molecular weight excluding hydrogens is 705 g/mol. The molecule has 0 saturated carbocycles. The van der Waals surface area contributed by atoms with Crippen LogP contribution >= 0.6 is 67.8 Å². The molecule has 0 bridgehead atoms. The van der Waals surface area contributed by atoms with Crippen molar-refractivity contribution in [2.45, 2.75) is 45.1 Å². The van der Waals surface area contributed by atoms with E-state index < -0.39 is 12.1 Å². The molecule has 3 N–H and O–H groups in total. The van der Waals surface area contributed by atoms with Crippen molar-refractivity contribution in [2.24, 2.45) is 0 Å². The molecule has 0 radical (unpaired) electrons. The van der Waals surface area contributed by atoms with Crippen molar-refractivity contribution in [3.63, 3.8) is 0 Å². The van der Waals surface area contributed by atoms with Crippen LogP contribution in [0, 0.1) is 10.7 Å². The summed E-state index contributed by atoms with van der Waals surface area (Å²) in [4.78, 5) is 36.6. The van der Waals surface area contributed by atoms with Crippen LogP contribution in [0.15, 0.2) is 0 Å². The number of carbonyl (C=O) groups is 3. The summed E-state index contributed by atoms with van der Waals surface area (Å²) in [5.41, 5.74) is 0.598. The van der Waals surface area contributed by atoms with E-state index in [2.05, 4.69) is 17.6 Å². The molecule has 1 rings (SSSR count). The van der Waals surface area contributed by atoms with Crippen molar-refractivity contribution in [1.82, 2.24) is 10.6 Å². The number of hydrogen-bond donors (Lipinski definition) is 3. The van der Waals surface area contributed by atoms with E-state index in [-0.39, 0.29) is 17.6 Å². The predicted molar refractivity (Wildman–Crippen MR) is 132 cm³/mol. The second-order valence-electron chi connectivity index (χ2n) is 5.97. The van der Waals surface area contributed by atoms with Crippen molar-refractivity contribution < 1.29 is 24.2 Å². The quantitative estimate of drug-likeness (QED) is 0.250. The third-order valence-electron chi connectivity index (χ3n) is 4.04. The summed E-state index contributed by atoms with van der Waals surface area (Å²) < 4.78 is 7.33. The van der Waals surface area contributed by atoms with Gasteiger partial charge in [0.25, 0.3) is 11.8 Å². The second kappa shape index (κ2) is 12.3. The molecule has 0 heterocycles. The lowest BCUT2D eigenvalue weighted by Gasteiger charge is -2.21. The molecule has 0 aromatic heterocycles. The number of unbranched alkanes of at least 4 members (excludes halogenated alkanes) is 3. The minimum absolute atomic E-state index is 0.252. The summed E-state index contributed by atoms with van der Waals surface area (Å²) in [5, 5.41) is 14.7. The Labute approximate surface area is 205 Å². The van der Waals surface area contributed by atoms with Crippen molar-refractivity contribution in [1.29, 1.82) is 0 Å². The summed E-state index contributed by atoms with van der Waals surface area (Å²) in [6, 6.07) is 0. The van der Waals surface area contributed by atoms with E-state index in [0.29, 0.717) is 28.3 Å². The monoisotopic (exact) mass is 728 g/mol. The number of carboxylic acid groups (broad SMARTS) is 1. The molecule has 1 unspecified atom stereocenters. The van der Waals surface area contributed by atoms with E-state index in [1.54, 1.807) is 0 Å². The van der Waals surface area contributed by atoms with Crippen LogP contribution in [-0.4, -0.2) is 43.1 Å². The number of benzene rings is 1. The summed E-state index contributed by atoms with van der Waals surface area (Å²) in [6.45, 7) is 2.09. The van der Waals surface area contributed by atoms with E-state index in [1.807, 2.05) is 67.8 Å². The fourth-order valence-corrected chi connectivity index (χ4v) is 6.93. The number of aliphatic carboxylic acids is 1. The molecule has 10 heteroatoms. The third-order valence-corrected chi connectivity index (χ3v) is 7.18. The number of ether oxygens (including phenoxy) is 1. The fourth-order valence-electron chi connectivity index (χ4n) is 2.52. The molecular formula is C18H23I3N2O5. The second-order valence-corrected chi connectivity index (χ2v) is 9.21. The van der Waals surface area contributed by atoms with Gasteiger partial charge in [0.15, 0.2) is 6.10 Å². The highest BCUT2D eigenvalue weighted by Gasteiger charge is 2.30. The summed E-state index contributed by atoms with van der Waals surface area (Å²) in [6.07, 6.45) is 3.06. The highest BCUT2D eigenvalue weighted by Crippen LogP contribution is 2.38. The molecule has 0 fully saturated rings. The third kappa shape index (κ3) is 6.31. The standard InChI is InChI=1S/C18H23I3N2O5/c1-4-5-6-7-8-9(18(26)27)28-15-13(20)10(16(24)22-2)12(19)11(14(15)21)17(25)23-3/h9H,4-8H2,1-3H3,(H,22,24)(H,23,25)(H,26,27). The van der Waals surface area contributed by atoms with Gasteiger partial charge in [-0.1, -0.05) is 26.2 Å². The number of hydrogen-bond acceptors (Lipinski definition) is 4. The average Bonchev–Trinajstić information content (AvgIpc) is 2.65. The minimum Gasteiger partial charge on any atom is -0.479 e. The Morgan fingerprint density at radius 1 is 0.929 bits per heavy atom. The highest BCUT2D eigenvalue weighted by atomic mass is 127. The maximum atomic E-state index is 12.4. The number of carbonyl (C=O) groups excluding carboxylic acids is 2. The Morgan fingerprint density at radius 2 is 1.43 bits per heavy atom. The number of rotatable bonds is 10. The summed E-state index contributed by atoms with van der Waals surface area (Å²) in [7, 11) is 3.00. The van der Waals surface area contributed by atoms with Crippen LogP contribution in [0.5, 0.6) is 5.75 Å². The molecule has 0 aliphatic rings. The molecule has 0 aliphatic carbocycles. The zero-order valence-electron chi connectivity index (χ0n) is 15.8. The van der Waals surface area contributed by atoms with Crippen molar-refractivity contribution >= 4 is 85.6 Å². The van der Waals surface area contributed by atoms with Gasteiger partial charge < -0.3 is 20.5 Å². The molecule has 2 amide bonds. The van der Waals surface area contributed by atoms with E-state index >= 15 is 0 Å². The van der Waals surface area contributed by atoms with Crippen molar-refractivity contribution in [2.75, 3.05) is 14.1 Å².